The summed E-state index contributed by atoms with van der Waals surface area (Å²) in [5.41, 5.74) is 5.23. The minimum absolute atomic E-state index is 0.290. The molecular weight excluding hydrogens is 260 g/mol. The zero-order valence-corrected chi connectivity index (χ0v) is 12.1. The van der Waals surface area contributed by atoms with Crippen molar-refractivity contribution in [2.75, 3.05) is 6.61 Å². The van der Waals surface area contributed by atoms with Crippen LogP contribution in [0.5, 0.6) is 5.75 Å². The third kappa shape index (κ3) is 2.34. The van der Waals surface area contributed by atoms with Crippen LogP contribution >= 0.6 is 0 Å². The molecule has 0 aromatic heterocycles. The summed E-state index contributed by atoms with van der Waals surface area (Å²) in [7, 11) is 0. The highest BCUT2D eigenvalue weighted by Gasteiger charge is 2.26. The largest absolute Gasteiger partial charge is 0.493 e. The van der Waals surface area contributed by atoms with Crippen molar-refractivity contribution in [3.05, 3.63) is 64.7 Å². The molecule has 2 aliphatic rings. The van der Waals surface area contributed by atoms with Crippen LogP contribution in [0.25, 0.3) is 0 Å². The van der Waals surface area contributed by atoms with E-state index in [0.29, 0.717) is 5.92 Å². The minimum atomic E-state index is -0.290. The number of aryl methyl sites for hydroxylation is 1. The number of hydrogen-bond donors (Lipinski definition) is 1. The highest BCUT2D eigenvalue weighted by atomic mass is 16.5. The summed E-state index contributed by atoms with van der Waals surface area (Å²) in [5, 5.41) is 9.99. The van der Waals surface area contributed by atoms with Crippen LogP contribution in [0.4, 0.5) is 0 Å². The topological polar surface area (TPSA) is 29.5 Å². The van der Waals surface area contributed by atoms with Crippen LogP contribution in [0.1, 0.15) is 47.1 Å². The molecule has 1 N–H and O–H groups in total. The van der Waals surface area contributed by atoms with E-state index < -0.39 is 0 Å². The smallest absolute Gasteiger partial charge is 0.119 e. The molecule has 2 atom stereocenters. The van der Waals surface area contributed by atoms with Crippen molar-refractivity contribution < 1.29 is 9.84 Å². The maximum Gasteiger partial charge on any atom is 0.119 e. The lowest BCUT2D eigenvalue weighted by atomic mass is 9.78. The number of rotatable bonds is 3. The van der Waals surface area contributed by atoms with E-state index in [0.717, 1.165) is 43.6 Å². The number of aliphatic hydroxyl groups excluding tert-OH is 1. The molecule has 0 bridgehead atoms. The van der Waals surface area contributed by atoms with Gasteiger partial charge in [0.2, 0.25) is 0 Å². The van der Waals surface area contributed by atoms with Crippen LogP contribution in [-0.2, 0) is 12.8 Å². The zero-order valence-electron chi connectivity index (χ0n) is 12.1. The SMILES string of the molecule is OC1CCCc2cc(OCC3Cc4ccccc43)ccc21. The Morgan fingerprint density at radius 2 is 1.95 bits per heavy atom. The van der Waals surface area contributed by atoms with E-state index in [4.69, 9.17) is 4.74 Å². The Morgan fingerprint density at radius 3 is 2.86 bits per heavy atom. The molecule has 108 valence electrons. The molecule has 0 amide bonds. The number of aliphatic hydroxyl groups is 1. The van der Waals surface area contributed by atoms with Crippen molar-refractivity contribution in [1.29, 1.82) is 0 Å². The summed E-state index contributed by atoms with van der Waals surface area (Å²) in [6.07, 6.45) is 3.83. The third-order valence-corrected chi connectivity index (χ3v) is 4.81. The summed E-state index contributed by atoms with van der Waals surface area (Å²) in [6.45, 7) is 0.748. The Bertz CT molecular complexity index is 662. The second-order valence-electron chi connectivity index (χ2n) is 6.18. The lowest BCUT2D eigenvalue weighted by Crippen LogP contribution is -2.23. The van der Waals surface area contributed by atoms with E-state index in [1.807, 2.05) is 12.1 Å². The van der Waals surface area contributed by atoms with Crippen molar-refractivity contribution in [1.82, 2.24) is 0 Å². The zero-order chi connectivity index (χ0) is 14.2. The first kappa shape index (κ1) is 12.9. The van der Waals surface area contributed by atoms with E-state index in [2.05, 4.69) is 30.3 Å². The quantitative estimate of drug-likeness (QED) is 0.927. The van der Waals surface area contributed by atoms with Gasteiger partial charge in [-0.05, 0) is 60.1 Å². The molecule has 0 heterocycles. The Balaban J connectivity index is 1.45. The van der Waals surface area contributed by atoms with Gasteiger partial charge >= 0.3 is 0 Å². The lowest BCUT2D eigenvalue weighted by molar-refractivity contribution is 0.156. The molecule has 0 saturated heterocycles. The second kappa shape index (κ2) is 5.19. The fraction of sp³-hybridized carbons (Fsp3) is 0.368. The summed E-state index contributed by atoms with van der Waals surface area (Å²) in [4.78, 5) is 0. The van der Waals surface area contributed by atoms with E-state index in [-0.39, 0.29) is 6.10 Å². The summed E-state index contributed by atoms with van der Waals surface area (Å²) < 4.78 is 5.99. The number of hydrogen-bond acceptors (Lipinski definition) is 2. The van der Waals surface area contributed by atoms with Crippen LogP contribution in [0.3, 0.4) is 0 Å². The molecule has 2 nitrogen and oxygen atoms in total. The Labute approximate surface area is 125 Å². The molecule has 4 rings (SSSR count). The van der Waals surface area contributed by atoms with E-state index in [1.54, 1.807) is 0 Å². The predicted molar refractivity (Wildman–Crippen MR) is 82.7 cm³/mol. The Kier molecular flexibility index (Phi) is 3.19. The number of fused-ring (bicyclic) bond motifs is 2. The van der Waals surface area contributed by atoms with Gasteiger partial charge in [0, 0.05) is 5.92 Å². The fourth-order valence-electron chi connectivity index (χ4n) is 3.56. The van der Waals surface area contributed by atoms with Gasteiger partial charge in [-0.2, -0.15) is 0 Å². The van der Waals surface area contributed by atoms with Crippen LogP contribution in [0.2, 0.25) is 0 Å². The summed E-state index contributed by atoms with van der Waals surface area (Å²) in [5.74, 6) is 1.47. The number of ether oxygens (including phenoxy) is 1. The van der Waals surface area contributed by atoms with Crippen molar-refractivity contribution in [3.63, 3.8) is 0 Å². The monoisotopic (exact) mass is 280 g/mol. The van der Waals surface area contributed by atoms with Crippen LogP contribution in [-0.4, -0.2) is 11.7 Å². The van der Waals surface area contributed by atoms with Gasteiger partial charge < -0.3 is 9.84 Å². The third-order valence-electron chi connectivity index (χ3n) is 4.81. The van der Waals surface area contributed by atoms with Gasteiger partial charge in [-0.15, -0.1) is 0 Å². The molecule has 0 radical (unpaired) electrons. The molecule has 2 aliphatic carbocycles. The van der Waals surface area contributed by atoms with E-state index >= 15 is 0 Å². The first-order chi connectivity index (χ1) is 10.3. The molecule has 0 spiro atoms. The highest BCUT2D eigenvalue weighted by Crippen LogP contribution is 2.36. The van der Waals surface area contributed by atoms with Crippen molar-refractivity contribution in [2.45, 2.75) is 37.7 Å². The normalized spacial score (nSPS) is 22.9. The van der Waals surface area contributed by atoms with Gasteiger partial charge in [0.1, 0.15) is 5.75 Å². The lowest BCUT2D eigenvalue weighted by Gasteiger charge is -2.30. The van der Waals surface area contributed by atoms with E-state index in [9.17, 15) is 5.11 Å². The highest BCUT2D eigenvalue weighted by molar-refractivity contribution is 5.41. The molecule has 2 aromatic carbocycles. The van der Waals surface area contributed by atoms with Gasteiger partial charge in [-0.25, -0.2) is 0 Å². The van der Waals surface area contributed by atoms with Gasteiger partial charge in [-0.1, -0.05) is 30.3 Å². The van der Waals surface area contributed by atoms with Gasteiger partial charge in [0.05, 0.1) is 12.7 Å². The van der Waals surface area contributed by atoms with Gasteiger partial charge in [-0.3, -0.25) is 0 Å². The number of benzene rings is 2. The minimum Gasteiger partial charge on any atom is -0.493 e. The summed E-state index contributed by atoms with van der Waals surface area (Å²) >= 11 is 0. The molecule has 0 saturated carbocycles. The average Bonchev–Trinajstić information content (AvgIpc) is 2.48. The van der Waals surface area contributed by atoms with Crippen molar-refractivity contribution >= 4 is 0 Å². The first-order valence-electron chi connectivity index (χ1n) is 7.83. The molecule has 21 heavy (non-hydrogen) atoms. The molecule has 2 unspecified atom stereocenters. The molecule has 0 aliphatic heterocycles. The maximum atomic E-state index is 9.99. The van der Waals surface area contributed by atoms with Gasteiger partial charge in [0.25, 0.3) is 0 Å². The Hall–Kier alpha value is -1.80. The van der Waals surface area contributed by atoms with Crippen LogP contribution < -0.4 is 4.74 Å². The van der Waals surface area contributed by atoms with E-state index in [1.165, 1.54) is 16.7 Å². The predicted octanol–water partition coefficient (Wildman–Crippen LogP) is 3.78. The maximum absolute atomic E-state index is 9.99. The molecule has 2 aromatic rings. The fourth-order valence-corrected chi connectivity index (χ4v) is 3.56. The van der Waals surface area contributed by atoms with Crippen molar-refractivity contribution in [3.8, 4) is 5.75 Å². The van der Waals surface area contributed by atoms with Crippen LogP contribution in [0, 0.1) is 0 Å². The van der Waals surface area contributed by atoms with Gasteiger partial charge in [0.15, 0.2) is 0 Å². The first-order valence-corrected chi connectivity index (χ1v) is 7.83. The van der Waals surface area contributed by atoms with Crippen LogP contribution in [0.15, 0.2) is 42.5 Å². The molecular formula is C19H20O2. The second-order valence-corrected chi connectivity index (χ2v) is 6.18. The standard InChI is InChI=1S/C19H20O2/c20-19-7-3-5-14-11-16(8-9-18(14)19)21-12-15-10-13-4-1-2-6-17(13)15/h1-2,4,6,8-9,11,15,19-20H,3,5,7,10,12H2. The van der Waals surface area contributed by atoms with Crippen molar-refractivity contribution in [2.24, 2.45) is 0 Å². The molecule has 0 fully saturated rings. The molecule has 2 heteroatoms. The Morgan fingerprint density at radius 1 is 1.05 bits per heavy atom. The summed E-state index contributed by atoms with van der Waals surface area (Å²) in [6, 6.07) is 14.8. The average molecular weight is 280 g/mol.